The van der Waals surface area contributed by atoms with Crippen molar-refractivity contribution in [2.75, 3.05) is 13.1 Å². The van der Waals surface area contributed by atoms with Crippen molar-refractivity contribution in [2.24, 2.45) is 5.14 Å². The first-order chi connectivity index (χ1) is 9.88. The molecule has 1 saturated heterocycles. The second kappa shape index (κ2) is 6.55. The van der Waals surface area contributed by atoms with E-state index in [4.69, 9.17) is 5.14 Å². The van der Waals surface area contributed by atoms with Crippen molar-refractivity contribution >= 4 is 15.9 Å². The average Bonchev–Trinajstić information content (AvgIpc) is 2.47. The van der Waals surface area contributed by atoms with Crippen molar-refractivity contribution in [1.29, 1.82) is 0 Å². The summed E-state index contributed by atoms with van der Waals surface area (Å²) < 4.78 is 22.3. The van der Waals surface area contributed by atoms with E-state index >= 15 is 0 Å². The minimum absolute atomic E-state index is 0.00290. The zero-order chi connectivity index (χ0) is 15.5. The Balaban J connectivity index is 1.99. The summed E-state index contributed by atoms with van der Waals surface area (Å²) >= 11 is 0. The van der Waals surface area contributed by atoms with Crippen molar-refractivity contribution in [3.8, 4) is 0 Å². The Morgan fingerprint density at radius 3 is 2.29 bits per heavy atom. The molecule has 1 aliphatic heterocycles. The highest BCUT2D eigenvalue weighted by Crippen LogP contribution is 2.12. The fourth-order valence-corrected chi connectivity index (χ4v) is 2.98. The van der Waals surface area contributed by atoms with Crippen LogP contribution in [0.1, 0.15) is 36.5 Å². The highest BCUT2D eigenvalue weighted by Gasteiger charge is 2.19. The van der Waals surface area contributed by atoms with Crippen LogP contribution < -0.4 is 10.5 Å². The molecule has 6 nitrogen and oxygen atoms in total. The number of hydrogen-bond donors (Lipinski definition) is 2. The second-order valence-electron chi connectivity index (χ2n) is 5.32. The molecule has 0 spiro atoms. The topological polar surface area (TPSA) is 92.5 Å². The molecule has 3 N–H and O–H groups in total. The minimum Gasteiger partial charge on any atom is -0.337 e. The Hall–Kier alpha value is -1.44. The summed E-state index contributed by atoms with van der Waals surface area (Å²) in [7, 11) is -3.73. The lowest BCUT2D eigenvalue weighted by Crippen LogP contribution is -2.48. The van der Waals surface area contributed by atoms with E-state index in [9.17, 15) is 13.2 Å². The predicted octanol–water partition coefficient (Wildman–Crippen LogP) is 0.896. The number of amides is 1. The molecule has 1 heterocycles. The van der Waals surface area contributed by atoms with Gasteiger partial charge in [-0.05, 0) is 44.0 Å². The van der Waals surface area contributed by atoms with E-state index in [0.29, 0.717) is 5.56 Å². The van der Waals surface area contributed by atoms with Gasteiger partial charge in [-0.1, -0.05) is 6.42 Å². The van der Waals surface area contributed by atoms with Gasteiger partial charge in [-0.3, -0.25) is 9.69 Å². The third-order valence-corrected chi connectivity index (χ3v) is 4.65. The number of nitrogens with two attached hydrogens (primary N) is 1. The molecule has 0 bridgehead atoms. The first-order valence-electron chi connectivity index (χ1n) is 7.06. The number of nitrogens with zero attached hydrogens (tertiary/aromatic N) is 1. The van der Waals surface area contributed by atoms with Crippen molar-refractivity contribution in [3.63, 3.8) is 0 Å². The second-order valence-corrected chi connectivity index (χ2v) is 6.88. The average molecular weight is 311 g/mol. The molecule has 1 atom stereocenters. The van der Waals surface area contributed by atoms with Gasteiger partial charge in [0.05, 0.1) is 11.1 Å². The number of carbonyl (C=O) groups excluding carboxylic acids is 1. The zero-order valence-electron chi connectivity index (χ0n) is 12.1. The lowest BCUT2D eigenvalue weighted by molar-refractivity contribution is 0.0839. The molecule has 21 heavy (non-hydrogen) atoms. The standard InChI is InChI=1S/C14H21N3O3S/c1-11(17-9-3-2-4-10-17)16-14(18)12-5-7-13(8-6-12)21(15,19)20/h5-8,11H,2-4,9-10H2,1H3,(H,16,18)(H2,15,19,20). The van der Waals surface area contributed by atoms with E-state index in [1.165, 1.54) is 30.7 Å². The van der Waals surface area contributed by atoms with E-state index < -0.39 is 10.0 Å². The number of nitrogens with one attached hydrogen (secondary N) is 1. The maximum Gasteiger partial charge on any atom is 0.252 e. The fourth-order valence-electron chi connectivity index (χ4n) is 2.47. The van der Waals surface area contributed by atoms with Gasteiger partial charge in [-0.25, -0.2) is 13.6 Å². The molecular formula is C14H21N3O3S. The third kappa shape index (κ3) is 4.26. The van der Waals surface area contributed by atoms with Gasteiger partial charge in [0.25, 0.3) is 5.91 Å². The Morgan fingerprint density at radius 2 is 1.76 bits per heavy atom. The van der Waals surface area contributed by atoms with E-state index in [2.05, 4.69) is 10.2 Å². The summed E-state index contributed by atoms with van der Waals surface area (Å²) in [5.74, 6) is -0.214. The molecule has 2 rings (SSSR count). The summed E-state index contributed by atoms with van der Waals surface area (Å²) in [6.07, 6.45) is 3.52. The Bertz CT molecular complexity index is 592. The van der Waals surface area contributed by atoms with Crippen LogP contribution in [0.15, 0.2) is 29.2 Å². The van der Waals surface area contributed by atoms with E-state index in [-0.39, 0.29) is 17.0 Å². The van der Waals surface area contributed by atoms with Gasteiger partial charge in [-0.2, -0.15) is 0 Å². The van der Waals surface area contributed by atoms with Crippen LogP contribution in [0.4, 0.5) is 0 Å². The number of likely N-dealkylation sites (tertiary alicyclic amines) is 1. The van der Waals surface area contributed by atoms with Gasteiger partial charge in [0.15, 0.2) is 0 Å². The van der Waals surface area contributed by atoms with Crippen LogP contribution in [-0.2, 0) is 10.0 Å². The molecule has 116 valence electrons. The molecule has 0 aliphatic carbocycles. The molecule has 1 fully saturated rings. The summed E-state index contributed by atoms with van der Waals surface area (Å²) in [5.41, 5.74) is 0.422. The fraction of sp³-hybridized carbons (Fsp3) is 0.500. The number of primary sulfonamides is 1. The van der Waals surface area contributed by atoms with Crippen LogP contribution in [0, 0.1) is 0 Å². The Morgan fingerprint density at radius 1 is 1.19 bits per heavy atom. The Kier molecular flexibility index (Phi) is 4.97. The van der Waals surface area contributed by atoms with Crippen LogP contribution in [0.2, 0.25) is 0 Å². The molecule has 1 aromatic carbocycles. The molecule has 0 saturated carbocycles. The van der Waals surface area contributed by atoms with Gasteiger partial charge < -0.3 is 5.32 Å². The normalized spacial score (nSPS) is 18.2. The van der Waals surface area contributed by atoms with Gasteiger partial charge in [0, 0.05) is 18.7 Å². The minimum atomic E-state index is -3.73. The van der Waals surface area contributed by atoms with Crippen LogP contribution in [-0.4, -0.2) is 38.5 Å². The molecule has 1 aromatic rings. The monoisotopic (exact) mass is 311 g/mol. The number of rotatable bonds is 4. The van der Waals surface area contributed by atoms with Crippen molar-refractivity contribution in [3.05, 3.63) is 29.8 Å². The maximum atomic E-state index is 12.1. The number of hydrogen-bond acceptors (Lipinski definition) is 4. The summed E-state index contributed by atoms with van der Waals surface area (Å²) in [6, 6.07) is 5.63. The zero-order valence-corrected chi connectivity index (χ0v) is 12.9. The van der Waals surface area contributed by atoms with Crippen molar-refractivity contribution in [1.82, 2.24) is 10.2 Å². The molecule has 1 unspecified atom stereocenters. The molecule has 1 amide bonds. The highest BCUT2D eigenvalue weighted by molar-refractivity contribution is 7.89. The molecule has 0 radical (unpaired) electrons. The van der Waals surface area contributed by atoms with Crippen molar-refractivity contribution < 1.29 is 13.2 Å². The summed E-state index contributed by atoms with van der Waals surface area (Å²) in [4.78, 5) is 14.4. The van der Waals surface area contributed by atoms with Crippen LogP contribution in [0.5, 0.6) is 0 Å². The predicted molar refractivity (Wildman–Crippen MR) is 80.2 cm³/mol. The van der Waals surface area contributed by atoms with Gasteiger partial charge in [-0.15, -0.1) is 0 Å². The first-order valence-corrected chi connectivity index (χ1v) is 8.60. The Labute approximate surface area is 125 Å². The summed E-state index contributed by atoms with van der Waals surface area (Å²) in [6.45, 7) is 3.94. The number of carbonyl (C=O) groups is 1. The molecular weight excluding hydrogens is 290 g/mol. The third-order valence-electron chi connectivity index (χ3n) is 3.72. The lowest BCUT2D eigenvalue weighted by Gasteiger charge is -2.32. The quantitative estimate of drug-likeness (QED) is 0.864. The van der Waals surface area contributed by atoms with E-state index in [1.54, 1.807) is 0 Å². The maximum absolute atomic E-state index is 12.1. The number of piperidine rings is 1. The van der Waals surface area contributed by atoms with Crippen LogP contribution in [0.3, 0.4) is 0 Å². The smallest absolute Gasteiger partial charge is 0.252 e. The number of sulfonamides is 1. The molecule has 7 heteroatoms. The van der Waals surface area contributed by atoms with E-state index in [1.807, 2.05) is 6.92 Å². The van der Waals surface area contributed by atoms with Gasteiger partial charge in [0.2, 0.25) is 10.0 Å². The van der Waals surface area contributed by atoms with Crippen LogP contribution in [0.25, 0.3) is 0 Å². The lowest BCUT2D eigenvalue weighted by atomic mass is 10.1. The SMILES string of the molecule is CC(NC(=O)c1ccc(S(N)(=O)=O)cc1)N1CCCCC1. The summed E-state index contributed by atoms with van der Waals surface area (Å²) in [5, 5.41) is 7.96. The van der Waals surface area contributed by atoms with Crippen molar-refractivity contribution in [2.45, 2.75) is 37.2 Å². The molecule has 0 aromatic heterocycles. The van der Waals surface area contributed by atoms with Crippen LogP contribution >= 0.6 is 0 Å². The van der Waals surface area contributed by atoms with E-state index in [0.717, 1.165) is 25.9 Å². The molecule has 1 aliphatic rings. The highest BCUT2D eigenvalue weighted by atomic mass is 32.2. The largest absolute Gasteiger partial charge is 0.337 e. The van der Waals surface area contributed by atoms with Gasteiger partial charge >= 0.3 is 0 Å². The number of benzene rings is 1. The van der Waals surface area contributed by atoms with Gasteiger partial charge in [0.1, 0.15) is 0 Å². The first kappa shape index (κ1) is 15.9.